The molecule has 0 rings (SSSR count). The molecule has 0 fully saturated rings. The Kier molecular flexibility index (Phi) is 6.28. The maximum atomic E-state index is 11.4. The van der Waals surface area contributed by atoms with Crippen LogP contribution in [0.15, 0.2) is 0 Å². The molecule has 0 aromatic heterocycles. The minimum absolute atomic E-state index is 0.0683. The highest BCUT2D eigenvalue weighted by Crippen LogP contribution is 2.01. The number of ether oxygens (including phenoxy) is 1. The molecule has 0 aromatic carbocycles. The van der Waals surface area contributed by atoms with Crippen molar-refractivity contribution in [1.82, 2.24) is 10.6 Å². The van der Waals surface area contributed by atoms with Gasteiger partial charge in [-0.3, -0.25) is 0 Å². The summed E-state index contributed by atoms with van der Waals surface area (Å²) in [5.41, 5.74) is 0. The number of nitrogens with one attached hydrogen (secondary N) is 2. The maximum Gasteiger partial charge on any atom is 0.315 e. The summed E-state index contributed by atoms with van der Waals surface area (Å²) in [5.74, 6) is 0.368. The molecule has 4 heteroatoms. The lowest BCUT2D eigenvalue weighted by Gasteiger charge is -2.22. The van der Waals surface area contributed by atoms with Gasteiger partial charge < -0.3 is 15.4 Å². The fraction of sp³-hybridized carbons (Fsp3) is 0.900. The highest BCUT2D eigenvalue weighted by atomic mass is 16.5. The summed E-state index contributed by atoms with van der Waals surface area (Å²) >= 11 is 0. The number of carbonyl (C=O) groups excluding carboxylic acids is 1. The molecule has 0 saturated heterocycles. The van der Waals surface area contributed by atoms with Crippen LogP contribution in [0.2, 0.25) is 0 Å². The lowest BCUT2D eigenvalue weighted by atomic mass is 10.1. The van der Waals surface area contributed by atoms with E-state index in [9.17, 15) is 4.79 Å². The summed E-state index contributed by atoms with van der Waals surface area (Å²) in [7, 11) is 1.64. The van der Waals surface area contributed by atoms with Crippen molar-refractivity contribution in [2.24, 2.45) is 5.92 Å². The van der Waals surface area contributed by atoms with E-state index in [2.05, 4.69) is 24.5 Å². The van der Waals surface area contributed by atoms with Gasteiger partial charge in [0.15, 0.2) is 0 Å². The zero-order valence-electron chi connectivity index (χ0n) is 9.76. The third-order valence-electron chi connectivity index (χ3n) is 1.89. The molecule has 84 valence electrons. The SMILES string of the molecule is COCC(NC(=O)NC(C)C)C(C)C. The molecule has 0 aliphatic heterocycles. The number of hydrogen-bond donors (Lipinski definition) is 2. The average molecular weight is 202 g/mol. The van der Waals surface area contributed by atoms with Crippen molar-refractivity contribution in [3.8, 4) is 0 Å². The normalized spacial score (nSPS) is 13.1. The largest absolute Gasteiger partial charge is 0.383 e. The predicted octanol–water partition coefficient (Wildman–Crippen LogP) is 1.36. The van der Waals surface area contributed by atoms with Gasteiger partial charge in [0.1, 0.15) is 0 Å². The Morgan fingerprint density at radius 1 is 1.21 bits per heavy atom. The van der Waals surface area contributed by atoms with Crippen molar-refractivity contribution in [2.75, 3.05) is 13.7 Å². The van der Waals surface area contributed by atoms with Crippen molar-refractivity contribution in [3.05, 3.63) is 0 Å². The van der Waals surface area contributed by atoms with Crippen LogP contribution in [-0.2, 0) is 4.74 Å². The van der Waals surface area contributed by atoms with Crippen LogP contribution >= 0.6 is 0 Å². The average Bonchev–Trinajstić information content (AvgIpc) is 2.01. The van der Waals surface area contributed by atoms with Crippen molar-refractivity contribution >= 4 is 6.03 Å². The van der Waals surface area contributed by atoms with Gasteiger partial charge in [-0.05, 0) is 19.8 Å². The van der Waals surface area contributed by atoms with Gasteiger partial charge in [-0.2, -0.15) is 0 Å². The van der Waals surface area contributed by atoms with Crippen LogP contribution in [0.25, 0.3) is 0 Å². The number of rotatable bonds is 5. The van der Waals surface area contributed by atoms with E-state index >= 15 is 0 Å². The second-order valence-corrected chi connectivity index (χ2v) is 4.08. The number of carbonyl (C=O) groups is 1. The van der Waals surface area contributed by atoms with E-state index in [1.165, 1.54) is 0 Å². The van der Waals surface area contributed by atoms with Crippen LogP contribution in [0.1, 0.15) is 27.7 Å². The Labute approximate surface area is 86.4 Å². The smallest absolute Gasteiger partial charge is 0.315 e. The summed E-state index contributed by atoms with van der Waals surface area (Å²) in [6, 6.07) is 0.0971. The van der Waals surface area contributed by atoms with E-state index in [0.717, 1.165) is 0 Å². The van der Waals surface area contributed by atoms with Crippen LogP contribution < -0.4 is 10.6 Å². The van der Waals surface area contributed by atoms with Gasteiger partial charge in [0, 0.05) is 13.2 Å². The number of urea groups is 1. The van der Waals surface area contributed by atoms with Crippen LogP contribution in [0.4, 0.5) is 4.79 Å². The Balaban J connectivity index is 3.96. The van der Waals surface area contributed by atoms with E-state index in [4.69, 9.17) is 4.74 Å². The van der Waals surface area contributed by atoms with Crippen LogP contribution in [0, 0.1) is 5.92 Å². The molecule has 0 aliphatic rings. The first-order chi connectivity index (χ1) is 6.47. The van der Waals surface area contributed by atoms with Gasteiger partial charge in [0.2, 0.25) is 0 Å². The molecule has 4 nitrogen and oxygen atoms in total. The summed E-state index contributed by atoms with van der Waals surface area (Å²) < 4.78 is 5.03. The lowest BCUT2D eigenvalue weighted by Crippen LogP contribution is -2.48. The molecule has 0 radical (unpaired) electrons. The molecular formula is C10H22N2O2. The predicted molar refractivity (Wildman–Crippen MR) is 57.3 cm³/mol. The highest BCUT2D eigenvalue weighted by Gasteiger charge is 2.15. The molecule has 14 heavy (non-hydrogen) atoms. The quantitative estimate of drug-likeness (QED) is 0.707. The van der Waals surface area contributed by atoms with Crippen molar-refractivity contribution in [3.63, 3.8) is 0 Å². The van der Waals surface area contributed by atoms with E-state index < -0.39 is 0 Å². The molecule has 0 aliphatic carbocycles. The van der Waals surface area contributed by atoms with Gasteiger partial charge in [-0.25, -0.2) is 4.79 Å². The molecule has 1 atom stereocenters. The second kappa shape index (κ2) is 6.65. The Morgan fingerprint density at radius 2 is 1.79 bits per heavy atom. The van der Waals surface area contributed by atoms with E-state index in [1.54, 1.807) is 7.11 Å². The van der Waals surface area contributed by atoms with Crippen molar-refractivity contribution in [2.45, 2.75) is 39.8 Å². The molecule has 0 heterocycles. The van der Waals surface area contributed by atoms with Crippen molar-refractivity contribution in [1.29, 1.82) is 0 Å². The van der Waals surface area contributed by atoms with Gasteiger partial charge in [-0.1, -0.05) is 13.8 Å². The Bertz CT molecular complexity index is 170. The molecule has 1 unspecified atom stereocenters. The van der Waals surface area contributed by atoms with Gasteiger partial charge in [0.05, 0.1) is 12.6 Å². The van der Waals surface area contributed by atoms with Gasteiger partial charge in [0.25, 0.3) is 0 Å². The molecule has 0 saturated carbocycles. The van der Waals surface area contributed by atoms with Crippen LogP contribution in [-0.4, -0.2) is 31.8 Å². The molecular weight excluding hydrogens is 180 g/mol. The lowest BCUT2D eigenvalue weighted by molar-refractivity contribution is 0.147. The summed E-state index contributed by atoms with van der Waals surface area (Å²) in [6.07, 6.45) is 0. The maximum absolute atomic E-state index is 11.4. The monoisotopic (exact) mass is 202 g/mol. The third-order valence-corrected chi connectivity index (χ3v) is 1.89. The first-order valence-corrected chi connectivity index (χ1v) is 5.03. The van der Waals surface area contributed by atoms with Crippen molar-refractivity contribution < 1.29 is 9.53 Å². The topological polar surface area (TPSA) is 50.4 Å². The molecule has 0 bridgehead atoms. The standard InChI is InChI=1S/C10H22N2O2/c1-7(2)9(6-14-5)12-10(13)11-8(3)4/h7-9H,6H2,1-5H3,(H2,11,12,13). The fourth-order valence-corrected chi connectivity index (χ4v) is 1.05. The van der Waals surface area contributed by atoms with E-state index in [-0.39, 0.29) is 18.1 Å². The number of amides is 2. The molecule has 0 spiro atoms. The number of hydrogen-bond acceptors (Lipinski definition) is 2. The van der Waals surface area contributed by atoms with Gasteiger partial charge >= 0.3 is 6.03 Å². The number of methoxy groups -OCH3 is 1. The van der Waals surface area contributed by atoms with Gasteiger partial charge in [-0.15, -0.1) is 0 Å². The van der Waals surface area contributed by atoms with Crippen LogP contribution in [0.5, 0.6) is 0 Å². The molecule has 2 N–H and O–H groups in total. The zero-order valence-corrected chi connectivity index (χ0v) is 9.76. The summed E-state index contributed by atoms with van der Waals surface area (Å²) in [6.45, 7) is 8.52. The van der Waals surface area contributed by atoms with E-state index in [1.807, 2.05) is 13.8 Å². The first-order valence-electron chi connectivity index (χ1n) is 5.03. The Hall–Kier alpha value is -0.770. The summed E-state index contributed by atoms with van der Waals surface area (Å²) in [4.78, 5) is 11.4. The van der Waals surface area contributed by atoms with Crippen LogP contribution in [0.3, 0.4) is 0 Å². The summed E-state index contributed by atoms with van der Waals surface area (Å²) in [5, 5.41) is 5.65. The minimum atomic E-state index is -0.129. The molecule has 0 aromatic rings. The highest BCUT2D eigenvalue weighted by molar-refractivity contribution is 5.74. The second-order valence-electron chi connectivity index (χ2n) is 4.08. The minimum Gasteiger partial charge on any atom is -0.383 e. The third kappa shape index (κ3) is 5.80. The first kappa shape index (κ1) is 13.2. The fourth-order valence-electron chi connectivity index (χ4n) is 1.05. The zero-order chi connectivity index (χ0) is 11.1. The van der Waals surface area contributed by atoms with E-state index in [0.29, 0.717) is 12.5 Å². The molecule has 2 amide bonds. The Morgan fingerprint density at radius 3 is 2.14 bits per heavy atom.